The highest BCUT2D eigenvalue weighted by atomic mass is 16.5. The van der Waals surface area contributed by atoms with Crippen molar-refractivity contribution in [1.29, 1.82) is 0 Å². The summed E-state index contributed by atoms with van der Waals surface area (Å²) in [6, 6.07) is 0.574. The number of nitrogens with zero attached hydrogens (tertiary/aromatic N) is 3. The molecule has 3 N–H and O–H groups in total. The van der Waals surface area contributed by atoms with Gasteiger partial charge in [-0.2, -0.15) is 0 Å². The van der Waals surface area contributed by atoms with Gasteiger partial charge in [0, 0.05) is 31.2 Å². The Morgan fingerprint density at radius 2 is 2.10 bits per heavy atom. The minimum atomic E-state index is 0.268. The summed E-state index contributed by atoms with van der Waals surface area (Å²) in [5.41, 5.74) is 3.69. The Labute approximate surface area is 120 Å². The number of ether oxygens (including phenoxy) is 1. The van der Waals surface area contributed by atoms with E-state index in [1.54, 1.807) is 7.11 Å². The number of nitrogens with one attached hydrogen (secondary N) is 1. The van der Waals surface area contributed by atoms with E-state index in [-0.39, 0.29) is 5.92 Å². The first-order valence-corrected chi connectivity index (χ1v) is 7.19. The molecule has 1 heterocycles. The quantitative estimate of drug-likeness (QED) is 0.585. The van der Waals surface area contributed by atoms with E-state index in [0.29, 0.717) is 18.5 Å². The summed E-state index contributed by atoms with van der Waals surface area (Å²) in [6.07, 6.45) is 2.44. The van der Waals surface area contributed by atoms with Gasteiger partial charge < -0.3 is 15.1 Å². The van der Waals surface area contributed by atoms with Crippen LogP contribution in [0.25, 0.3) is 0 Å². The fourth-order valence-corrected chi connectivity index (χ4v) is 2.24. The number of hydrazine groups is 1. The third-order valence-electron chi connectivity index (χ3n) is 3.59. The SMILES string of the molecule is COCCN(c1nc(C(C)C)nc(NN)c1C)C1CC1. The Kier molecular flexibility index (Phi) is 4.77. The van der Waals surface area contributed by atoms with Crippen LogP contribution in [-0.4, -0.2) is 36.3 Å². The van der Waals surface area contributed by atoms with E-state index in [9.17, 15) is 0 Å². The molecule has 1 aromatic heterocycles. The van der Waals surface area contributed by atoms with Gasteiger partial charge in [-0.25, -0.2) is 15.8 Å². The molecule has 0 aromatic carbocycles. The molecular weight excluding hydrogens is 254 g/mol. The normalized spacial score (nSPS) is 14.7. The second-order valence-corrected chi connectivity index (χ2v) is 5.60. The molecule has 0 atom stereocenters. The molecule has 0 aliphatic heterocycles. The lowest BCUT2D eigenvalue weighted by atomic mass is 10.2. The van der Waals surface area contributed by atoms with Gasteiger partial charge in [-0.1, -0.05) is 13.8 Å². The number of hydrogen-bond donors (Lipinski definition) is 2. The Morgan fingerprint density at radius 1 is 1.40 bits per heavy atom. The summed E-state index contributed by atoms with van der Waals surface area (Å²) in [4.78, 5) is 11.6. The first kappa shape index (κ1) is 15.0. The second kappa shape index (κ2) is 6.37. The Balaban J connectivity index is 2.38. The van der Waals surface area contributed by atoms with Crippen molar-refractivity contribution in [3.8, 4) is 0 Å². The van der Waals surface area contributed by atoms with Gasteiger partial charge >= 0.3 is 0 Å². The van der Waals surface area contributed by atoms with Crippen molar-refractivity contribution >= 4 is 11.6 Å². The van der Waals surface area contributed by atoms with E-state index in [0.717, 1.165) is 23.8 Å². The number of nitrogen functional groups attached to an aromatic ring is 1. The Hall–Kier alpha value is -1.40. The monoisotopic (exact) mass is 279 g/mol. The van der Waals surface area contributed by atoms with Crippen molar-refractivity contribution in [2.45, 2.75) is 45.6 Å². The van der Waals surface area contributed by atoms with Crippen LogP contribution in [0, 0.1) is 6.92 Å². The van der Waals surface area contributed by atoms with Gasteiger partial charge in [0.25, 0.3) is 0 Å². The minimum absolute atomic E-state index is 0.268. The minimum Gasteiger partial charge on any atom is -0.383 e. The Morgan fingerprint density at radius 3 is 2.60 bits per heavy atom. The highest BCUT2D eigenvalue weighted by Crippen LogP contribution is 2.34. The lowest BCUT2D eigenvalue weighted by Gasteiger charge is -2.26. The molecule has 1 aliphatic rings. The largest absolute Gasteiger partial charge is 0.383 e. The fourth-order valence-electron chi connectivity index (χ4n) is 2.24. The van der Waals surface area contributed by atoms with Gasteiger partial charge in [-0.15, -0.1) is 0 Å². The number of rotatable bonds is 7. The standard InChI is InChI=1S/C14H25N5O/c1-9(2)12-16-13(18-15)10(3)14(17-12)19(7-8-20-4)11-5-6-11/h9,11H,5-8,15H2,1-4H3,(H,16,17,18). The van der Waals surface area contributed by atoms with Crippen LogP contribution in [0.15, 0.2) is 0 Å². The van der Waals surface area contributed by atoms with Gasteiger partial charge in [0.2, 0.25) is 0 Å². The van der Waals surface area contributed by atoms with Crippen LogP contribution in [0.3, 0.4) is 0 Å². The molecule has 0 unspecified atom stereocenters. The lowest BCUT2D eigenvalue weighted by Crippen LogP contribution is -2.32. The summed E-state index contributed by atoms with van der Waals surface area (Å²) in [5.74, 6) is 8.38. The highest BCUT2D eigenvalue weighted by molar-refractivity contribution is 5.59. The fraction of sp³-hybridized carbons (Fsp3) is 0.714. The van der Waals surface area contributed by atoms with Gasteiger partial charge in [-0.05, 0) is 19.8 Å². The molecule has 0 saturated heterocycles. The van der Waals surface area contributed by atoms with Crippen molar-refractivity contribution in [2.24, 2.45) is 5.84 Å². The maximum atomic E-state index is 5.60. The van der Waals surface area contributed by atoms with E-state index in [1.165, 1.54) is 12.8 Å². The van der Waals surface area contributed by atoms with Crippen LogP contribution >= 0.6 is 0 Å². The molecule has 2 rings (SSSR count). The van der Waals surface area contributed by atoms with Crippen LogP contribution in [0.1, 0.15) is 44.0 Å². The molecule has 20 heavy (non-hydrogen) atoms. The van der Waals surface area contributed by atoms with E-state index in [2.05, 4.69) is 29.2 Å². The molecule has 1 aliphatic carbocycles. The first-order valence-electron chi connectivity index (χ1n) is 7.19. The predicted molar refractivity (Wildman–Crippen MR) is 80.9 cm³/mol. The molecule has 6 heteroatoms. The van der Waals surface area contributed by atoms with Gasteiger partial charge in [0.15, 0.2) is 0 Å². The molecule has 1 saturated carbocycles. The van der Waals surface area contributed by atoms with Gasteiger partial charge in [-0.3, -0.25) is 0 Å². The Bertz CT molecular complexity index is 459. The highest BCUT2D eigenvalue weighted by Gasteiger charge is 2.31. The van der Waals surface area contributed by atoms with E-state index >= 15 is 0 Å². The maximum absolute atomic E-state index is 5.60. The van der Waals surface area contributed by atoms with E-state index in [4.69, 9.17) is 15.6 Å². The van der Waals surface area contributed by atoms with Crippen LogP contribution in [0.4, 0.5) is 11.6 Å². The van der Waals surface area contributed by atoms with E-state index < -0.39 is 0 Å². The third-order valence-corrected chi connectivity index (χ3v) is 3.59. The molecule has 0 amide bonds. The second-order valence-electron chi connectivity index (χ2n) is 5.60. The van der Waals surface area contributed by atoms with Crippen LogP contribution in [0.2, 0.25) is 0 Å². The predicted octanol–water partition coefficient (Wildman–Crippen LogP) is 1.81. The topological polar surface area (TPSA) is 76.3 Å². The molecule has 112 valence electrons. The van der Waals surface area contributed by atoms with Crippen molar-refractivity contribution in [1.82, 2.24) is 9.97 Å². The van der Waals surface area contributed by atoms with Crippen molar-refractivity contribution in [2.75, 3.05) is 30.6 Å². The molecule has 0 radical (unpaired) electrons. The van der Waals surface area contributed by atoms with E-state index in [1.807, 2.05) is 6.92 Å². The van der Waals surface area contributed by atoms with Crippen molar-refractivity contribution in [3.63, 3.8) is 0 Å². The number of aromatic nitrogens is 2. The summed E-state index contributed by atoms with van der Waals surface area (Å²) < 4.78 is 5.22. The van der Waals surface area contributed by atoms with Crippen LogP contribution < -0.4 is 16.2 Å². The zero-order chi connectivity index (χ0) is 14.7. The van der Waals surface area contributed by atoms with Crippen LogP contribution in [0.5, 0.6) is 0 Å². The average molecular weight is 279 g/mol. The van der Waals surface area contributed by atoms with Crippen molar-refractivity contribution < 1.29 is 4.74 Å². The molecule has 1 fully saturated rings. The molecule has 6 nitrogen and oxygen atoms in total. The summed E-state index contributed by atoms with van der Waals surface area (Å²) in [5, 5.41) is 0. The third kappa shape index (κ3) is 3.19. The number of anilines is 2. The zero-order valence-electron chi connectivity index (χ0n) is 12.8. The number of nitrogens with two attached hydrogens (primary N) is 1. The van der Waals surface area contributed by atoms with Crippen molar-refractivity contribution in [3.05, 3.63) is 11.4 Å². The number of hydrogen-bond acceptors (Lipinski definition) is 6. The van der Waals surface area contributed by atoms with Gasteiger partial charge in [0.1, 0.15) is 17.5 Å². The first-order chi connectivity index (χ1) is 9.58. The maximum Gasteiger partial charge on any atom is 0.148 e. The molecule has 0 bridgehead atoms. The number of methoxy groups -OCH3 is 1. The zero-order valence-corrected chi connectivity index (χ0v) is 12.8. The summed E-state index contributed by atoms with van der Waals surface area (Å²) >= 11 is 0. The lowest BCUT2D eigenvalue weighted by molar-refractivity contribution is 0.204. The summed E-state index contributed by atoms with van der Waals surface area (Å²) in [7, 11) is 1.73. The van der Waals surface area contributed by atoms with Crippen LogP contribution in [-0.2, 0) is 4.74 Å². The average Bonchev–Trinajstić information content (AvgIpc) is 3.25. The molecule has 0 spiro atoms. The van der Waals surface area contributed by atoms with Gasteiger partial charge in [0.05, 0.1) is 6.61 Å². The molecular formula is C14H25N5O. The summed E-state index contributed by atoms with van der Waals surface area (Å²) in [6.45, 7) is 7.73. The smallest absolute Gasteiger partial charge is 0.148 e. The molecule has 1 aromatic rings.